The van der Waals surface area contributed by atoms with Crippen molar-refractivity contribution in [2.24, 2.45) is 5.73 Å². The van der Waals surface area contributed by atoms with Crippen molar-refractivity contribution in [3.8, 4) is 5.75 Å². The van der Waals surface area contributed by atoms with Crippen molar-refractivity contribution < 1.29 is 25.8 Å². The molecule has 0 saturated heterocycles. The number of nitrogens with two attached hydrogens (primary N) is 1. The van der Waals surface area contributed by atoms with E-state index in [0.717, 1.165) is 12.1 Å². The molecule has 3 N–H and O–H groups in total. The van der Waals surface area contributed by atoms with Gasteiger partial charge in [0.05, 0.1) is 5.84 Å². The van der Waals surface area contributed by atoms with Crippen LogP contribution in [0.2, 0.25) is 0 Å². The Balaban J connectivity index is 2.93. The molecule has 1 aromatic carbocycles. The SMILES string of the molecule is C[C@H](C(=N)N)c1ccc(OS(=O)(=O)C(F)(F)F)cc1. The maximum absolute atomic E-state index is 12.1. The number of alkyl halides is 3. The fraction of sp³-hybridized carbons (Fsp3) is 0.300. The molecule has 0 unspecified atom stereocenters. The molecule has 1 atom stereocenters. The molecule has 0 amide bonds. The van der Waals surface area contributed by atoms with Gasteiger partial charge in [0, 0.05) is 5.92 Å². The smallest absolute Gasteiger partial charge is 0.387 e. The molecule has 9 heteroatoms. The van der Waals surface area contributed by atoms with Crippen LogP contribution >= 0.6 is 0 Å². The molecule has 0 aliphatic carbocycles. The van der Waals surface area contributed by atoms with Crippen LogP contribution in [0, 0.1) is 5.41 Å². The second kappa shape index (κ2) is 5.08. The summed E-state index contributed by atoms with van der Waals surface area (Å²) >= 11 is 0. The van der Waals surface area contributed by atoms with Gasteiger partial charge in [-0.25, -0.2) is 0 Å². The number of hydrogen-bond donors (Lipinski definition) is 2. The summed E-state index contributed by atoms with van der Waals surface area (Å²) in [5.41, 5.74) is 0.358. The predicted octanol–water partition coefficient (Wildman–Crippen LogP) is 1.95. The van der Waals surface area contributed by atoms with Crippen LogP contribution in [-0.2, 0) is 10.1 Å². The molecule has 0 aliphatic rings. The molecule has 5 nitrogen and oxygen atoms in total. The number of hydrogen-bond acceptors (Lipinski definition) is 4. The Morgan fingerprint density at radius 2 is 1.79 bits per heavy atom. The van der Waals surface area contributed by atoms with Crippen molar-refractivity contribution in [3.63, 3.8) is 0 Å². The first-order valence-corrected chi connectivity index (χ1v) is 6.40. The van der Waals surface area contributed by atoms with Gasteiger partial charge in [-0.15, -0.1) is 0 Å². The number of benzene rings is 1. The molecule has 1 aromatic rings. The minimum absolute atomic E-state index is 0.114. The fourth-order valence-corrected chi connectivity index (χ4v) is 1.62. The van der Waals surface area contributed by atoms with E-state index in [0.29, 0.717) is 5.56 Å². The summed E-state index contributed by atoms with van der Waals surface area (Å²) in [4.78, 5) is 0. The van der Waals surface area contributed by atoms with Crippen molar-refractivity contribution in [3.05, 3.63) is 29.8 Å². The molecule has 0 bridgehead atoms. The van der Waals surface area contributed by atoms with Gasteiger partial charge in [0.25, 0.3) is 0 Å². The lowest BCUT2D eigenvalue weighted by molar-refractivity contribution is -0.0500. The van der Waals surface area contributed by atoms with E-state index < -0.39 is 27.3 Å². The highest BCUT2D eigenvalue weighted by atomic mass is 32.2. The van der Waals surface area contributed by atoms with Crippen LogP contribution in [0.1, 0.15) is 18.4 Å². The highest BCUT2D eigenvalue weighted by Crippen LogP contribution is 2.27. The zero-order valence-corrected chi connectivity index (χ0v) is 10.5. The first-order valence-electron chi connectivity index (χ1n) is 4.99. The largest absolute Gasteiger partial charge is 0.534 e. The Morgan fingerprint density at radius 3 is 2.16 bits per heavy atom. The summed E-state index contributed by atoms with van der Waals surface area (Å²) in [6.45, 7) is 1.63. The normalized spacial score (nSPS) is 13.9. The Labute approximate surface area is 107 Å². The van der Waals surface area contributed by atoms with Gasteiger partial charge in [-0.05, 0) is 17.7 Å². The molecule has 0 heterocycles. The number of halogens is 3. The standard InChI is InChI=1S/C10H11F3N2O3S/c1-6(9(14)15)7-2-4-8(5-3-7)18-19(16,17)10(11,12)13/h2-6H,1H3,(H3,14,15)/t6-/m0/s1. The van der Waals surface area contributed by atoms with Crippen LogP contribution in [0.15, 0.2) is 24.3 Å². The first-order chi connectivity index (χ1) is 8.54. The Kier molecular flexibility index (Phi) is 4.09. The molecular formula is C10H11F3N2O3S. The summed E-state index contributed by atoms with van der Waals surface area (Å²) in [7, 11) is -5.67. The van der Waals surface area contributed by atoms with Crippen LogP contribution < -0.4 is 9.92 Å². The summed E-state index contributed by atoms with van der Waals surface area (Å²) in [5.74, 6) is -0.998. The van der Waals surface area contributed by atoms with Crippen molar-refractivity contribution >= 4 is 16.0 Å². The van der Waals surface area contributed by atoms with Gasteiger partial charge in [-0.2, -0.15) is 21.6 Å². The van der Waals surface area contributed by atoms with E-state index in [9.17, 15) is 21.6 Å². The average molecular weight is 296 g/mol. The van der Waals surface area contributed by atoms with Crippen molar-refractivity contribution in [2.45, 2.75) is 18.3 Å². The topological polar surface area (TPSA) is 93.2 Å². The van der Waals surface area contributed by atoms with Crippen LogP contribution in [0.5, 0.6) is 5.75 Å². The lowest BCUT2D eigenvalue weighted by Gasteiger charge is -2.12. The van der Waals surface area contributed by atoms with Gasteiger partial charge in [0.1, 0.15) is 5.75 Å². The van der Waals surface area contributed by atoms with Crippen LogP contribution in [0.3, 0.4) is 0 Å². The maximum Gasteiger partial charge on any atom is 0.534 e. The second-order valence-corrected chi connectivity index (χ2v) is 5.27. The Bertz CT molecular complexity index is 567. The Morgan fingerprint density at radius 1 is 1.32 bits per heavy atom. The lowest BCUT2D eigenvalue weighted by Crippen LogP contribution is -2.28. The van der Waals surface area contributed by atoms with Gasteiger partial charge in [-0.3, -0.25) is 5.41 Å². The van der Waals surface area contributed by atoms with E-state index in [1.165, 1.54) is 12.1 Å². The molecule has 0 fully saturated rings. The fourth-order valence-electron chi connectivity index (χ4n) is 1.17. The van der Waals surface area contributed by atoms with E-state index in [1.807, 2.05) is 0 Å². The molecule has 106 valence electrons. The minimum Gasteiger partial charge on any atom is -0.387 e. The van der Waals surface area contributed by atoms with Crippen LogP contribution in [0.25, 0.3) is 0 Å². The maximum atomic E-state index is 12.1. The zero-order valence-electron chi connectivity index (χ0n) is 9.73. The molecule has 0 saturated carbocycles. The summed E-state index contributed by atoms with van der Waals surface area (Å²) in [6, 6.07) is 4.82. The van der Waals surface area contributed by atoms with E-state index in [1.54, 1.807) is 6.92 Å². The minimum atomic E-state index is -5.67. The third kappa shape index (κ3) is 3.60. The average Bonchev–Trinajstić information content (AvgIpc) is 2.27. The van der Waals surface area contributed by atoms with Gasteiger partial charge in [0.15, 0.2) is 0 Å². The quantitative estimate of drug-likeness (QED) is 0.384. The summed E-state index contributed by atoms with van der Waals surface area (Å²) in [6.07, 6.45) is 0. The molecule has 1 rings (SSSR count). The predicted molar refractivity (Wildman–Crippen MR) is 62.4 cm³/mol. The monoisotopic (exact) mass is 296 g/mol. The van der Waals surface area contributed by atoms with E-state index in [4.69, 9.17) is 11.1 Å². The molecule has 0 spiro atoms. The molecule has 0 radical (unpaired) electrons. The van der Waals surface area contributed by atoms with Crippen LogP contribution in [0.4, 0.5) is 13.2 Å². The van der Waals surface area contributed by atoms with Crippen molar-refractivity contribution in [1.29, 1.82) is 5.41 Å². The summed E-state index contributed by atoms with van der Waals surface area (Å²) < 4.78 is 61.6. The van der Waals surface area contributed by atoms with Crippen LogP contribution in [-0.4, -0.2) is 19.8 Å². The number of amidine groups is 1. The number of nitrogens with one attached hydrogen (secondary N) is 1. The first kappa shape index (κ1) is 15.3. The van der Waals surface area contributed by atoms with Crippen molar-refractivity contribution in [2.75, 3.05) is 0 Å². The molecule has 0 aromatic heterocycles. The van der Waals surface area contributed by atoms with Crippen molar-refractivity contribution in [1.82, 2.24) is 0 Å². The van der Waals surface area contributed by atoms with Gasteiger partial charge in [-0.1, -0.05) is 19.1 Å². The highest BCUT2D eigenvalue weighted by molar-refractivity contribution is 7.87. The van der Waals surface area contributed by atoms with E-state index >= 15 is 0 Å². The third-order valence-electron chi connectivity index (χ3n) is 2.34. The van der Waals surface area contributed by atoms with E-state index in [2.05, 4.69) is 4.18 Å². The highest BCUT2D eigenvalue weighted by Gasteiger charge is 2.48. The molecule has 19 heavy (non-hydrogen) atoms. The lowest BCUT2D eigenvalue weighted by atomic mass is 10.0. The number of rotatable bonds is 4. The molecule has 0 aliphatic heterocycles. The van der Waals surface area contributed by atoms with Gasteiger partial charge >= 0.3 is 15.6 Å². The van der Waals surface area contributed by atoms with Gasteiger partial charge < -0.3 is 9.92 Å². The zero-order chi connectivity index (χ0) is 14.8. The summed E-state index contributed by atoms with van der Waals surface area (Å²) in [5, 5.41) is 7.22. The van der Waals surface area contributed by atoms with Gasteiger partial charge in [0.2, 0.25) is 0 Å². The Hall–Kier alpha value is -1.77. The molecular weight excluding hydrogens is 285 g/mol. The second-order valence-electron chi connectivity index (χ2n) is 3.73. The third-order valence-corrected chi connectivity index (χ3v) is 3.31. The van der Waals surface area contributed by atoms with E-state index in [-0.39, 0.29) is 5.84 Å².